The normalized spacial score (nSPS) is 11.3. The number of aryl methyl sites for hydroxylation is 1. The largest absolute Gasteiger partial charge is 0.375 e. The van der Waals surface area contributed by atoms with Crippen molar-refractivity contribution in [3.63, 3.8) is 0 Å². The van der Waals surface area contributed by atoms with E-state index in [1.54, 1.807) is 4.68 Å². The number of nitrogens with two attached hydrogens (primary N) is 1. The van der Waals surface area contributed by atoms with Crippen LogP contribution in [0, 0.1) is 13.8 Å². The van der Waals surface area contributed by atoms with Gasteiger partial charge in [0, 0.05) is 0 Å². The van der Waals surface area contributed by atoms with Crippen LogP contribution in [0.2, 0.25) is 0 Å². The molecule has 2 heterocycles. The Hall–Kier alpha value is -3.39. The summed E-state index contributed by atoms with van der Waals surface area (Å²) >= 11 is 1.27. The topological polar surface area (TPSA) is 94.3 Å². The molecule has 4 rings (SSSR count). The van der Waals surface area contributed by atoms with E-state index < -0.39 is 0 Å². The Morgan fingerprint density at radius 1 is 0.926 bits per heavy atom. The number of benzene rings is 2. The molecule has 2 N–H and O–H groups in total. The van der Waals surface area contributed by atoms with Gasteiger partial charge in [-0.3, -0.25) is 0 Å². The Kier molecular flexibility index (Phi) is 4.47. The molecule has 0 atom stereocenters. The fourth-order valence-corrected chi connectivity index (χ4v) is 3.28. The van der Waals surface area contributed by atoms with Gasteiger partial charge in [-0.05, 0) is 38.1 Å². The maximum Gasteiger partial charge on any atom is 0.182 e. The smallest absolute Gasteiger partial charge is 0.182 e. The average molecular weight is 375 g/mol. The van der Waals surface area contributed by atoms with Crippen molar-refractivity contribution in [3.8, 4) is 17.1 Å². The van der Waals surface area contributed by atoms with E-state index in [9.17, 15) is 0 Å². The number of nitrogen functional groups attached to an aromatic ring is 1. The molecule has 2 aromatic carbocycles. The van der Waals surface area contributed by atoms with E-state index in [2.05, 4.69) is 25.5 Å². The van der Waals surface area contributed by atoms with Gasteiger partial charge >= 0.3 is 0 Å². The molecule has 0 bridgehead atoms. The third kappa shape index (κ3) is 3.47. The molecule has 0 aliphatic heterocycles. The monoisotopic (exact) mass is 375 g/mol. The van der Waals surface area contributed by atoms with Gasteiger partial charge in [0.2, 0.25) is 0 Å². The molecule has 134 valence electrons. The molecule has 27 heavy (non-hydrogen) atoms. The zero-order chi connectivity index (χ0) is 18.8. The molecule has 8 heteroatoms. The zero-order valence-electron chi connectivity index (χ0n) is 14.9. The molecule has 0 unspecified atom stereocenters. The van der Waals surface area contributed by atoms with E-state index in [1.165, 1.54) is 16.9 Å². The molecule has 0 saturated heterocycles. The highest BCUT2D eigenvalue weighted by molar-refractivity contribution is 7.19. The van der Waals surface area contributed by atoms with Crippen molar-refractivity contribution in [2.75, 3.05) is 5.73 Å². The van der Waals surface area contributed by atoms with Crippen molar-refractivity contribution in [1.29, 1.82) is 0 Å². The highest BCUT2D eigenvalue weighted by atomic mass is 32.1. The summed E-state index contributed by atoms with van der Waals surface area (Å²) in [4.78, 5) is 4.40. The molecule has 0 spiro atoms. The first-order chi connectivity index (χ1) is 13.1. The molecule has 4 aromatic rings. The SMILES string of the molecule is Cc1ccc(-n2nnc(-c3nc(N)sc3N=Nc3ccccc3)c2C)cc1. The van der Waals surface area contributed by atoms with Gasteiger partial charge in [-0.2, -0.15) is 0 Å². The molecule has 7 nitrogen and oxygen atoms in total. The van der Waals surface area contributed by atoms with Crippen LogP contribution in [-0.2, 0) is 0 Å². The number of thiazole rings is 1. The number of anilines is 1. The van der Waals surface area contributed by atoms with Crippen LogP contribution in [0.4, 0.5) is 15.8 Å². The van der Waals surface area contributed by atoms with Gasteiger partial charge in [0.15, 0.2) is 10.1 Å². The van der Waals surface area contributed by atoms with Gasteiger partial charge in [0.1, 0.15) is 11.4 Å². The second kappa shape index (κ2) is 7.08. The summed E-state index contributed by atoms with van der Waals surface area (Å²) < 4.78 is 1.78. The maximum absolute atomic E-state index is 5.92. The van der Waals surface area contributed by atoms with Gasteiger partial charge < -0.3 is 5.73 Å². The summed E-state index contributed by atoms with van der Waals surface area (Å²) in [7, 11) is 0. The molecular formula is C19H17N7S. The van der Waals surface area contributed by atoms with Crippen LogP contribution >= 0.6 is 11.3 Å². The fraction of sp³-hybridized carbons (Fsp3) is 0.105. The summed E-state index contributed by atoms with van der Waals surface area (Å²) in [5, 5.41) is 18.2. The van der Waals surface area contributed by atoms with Crippen LogP contribution in [0.5, 0.6) is 0 Å². The van der Waals surface area contributed by atoms with Crippen molar-refractivity contribution < 1.29 is 0 Å². The van der Waals surface area contributed by atoms with Crippen LogP contribution in [0.3, 0.4) is 0 Å². The lowest BCUT2D eigenvalue weighted by molar-refractivity contribution is 0.785. The first-order valence-corrected chi connectivity index (χ1v) is 9.16. The minimum Gasteiger partial charge on any atom is -0.375 e. The third-order valence-electron chi connectivity index (χ3n) is 4.04. The van der Waals surface area contributed by atoms with Crippen LogP contribution in [0.1, 0.15) is 11.3 Å². The lowest BCUT2D eigenvalue weighted by atomic mass is 10.2. The van der Waals surface area contributed by atoms with Crippen molar-refractivity contribution in [3.05, 3.63) is 65.9 Å². The van der Waals surface area contributed by atoms with E-state index in [-0.39, 0.29) is 0 Å². The maximum atomic E-state index is 5.92. The van der Waals surface area contributed by atoms with Gasteiger partial charge in [0.25, 0.3) is 0 Å². The highest BCUT2D eigenvalue weighted by Gasteiger charge is 2.19. The first kappa shape index (κ1) is 17.0. The predicted molar refractivity (Wildman–Crippen MR) is 107 cm³/mol. The third-order valence-corrected chi connectivity index (χ3v) is 4.80. The fourth-order valence-electron chi connectivity index (χ4n) is 2.63. The Labute approximate surface area is 160 Å². The number of nitrogens with zero attached hydrogens (tertiary/aromatic N) is 6. The van der Waals surface area contributed by atoms with E-state index in [1.807, 2.05) is 68.4 Å². The van der Waals surface area contributed by atoms with E-state index >= 15 is 0 Å². The Morgan fingerprint density at radius 2 is 1.67 bits per heavy atom. The number of azo groups is 1. The predicted octanol–water partition coefficient (Wildman–Crippen LogP) is 5.01. The molecule has 0 aliphatic rings. The Bertz CT molecular complexity index is 1100. The molecular weight excluding hydrogens is 358 g/mol. The number of hydrogen-bond acceptors (Lipinski definition) is 7. The number of aromatic nitrogens is 4. The quantitative estimate of drug-likeness (QED) is 0.508. The van der Waals surface area contributed by atoms with Gasteiger partial charge in [-0.15, -0.1) is 15.3 Å². The van der Waals surface area contributed by atoms with Gasteiger partial charge in [0.05, 0.1) is 17.1 Å². The summed E-state index contributed by atoms with van der Waals surface area (Å²) in [6.45, 7) is 3.99. The summed E-state index contributed by atoms with van der Waals surface area (Å²) in [6.07, 6.45) is 0. The zero-order valence-corrected chi connectivity index (χ0v) is 15.7. The summed E-state index contributed by atoms with van der Waals surface area (Å²) in [5.74, 6) is 0. The highest BCUT2D eigenvalue weighted by Crippen LogP contribution is 2.38. The standard InChI is InChI=1S/C19H17N7S/c1-12-8-10-15(11-9-12)26-13(2)16(23-25-26)17-18(27-19(20)21-17)24-22-14-6-4-3-5-7-14/h3-11H,1-2H3,(H2,20,21). The average Bonchev–Trinajstić information content (AvgIpc) is 3.24. The molecule has 0 aliphatic carbocycles. The second-order valence-corrected chi connectivity index (χ2v) is 7.02. The first-order valence-electron chi connectivity index (χ1n) is 8.34. The van der Waals surface area contributed by atoms with E-state index in [0.29, 0.717) is 21.5 Å². The minimum absolute atomic E-state index is 0.413. The number of rotatable bonds is 4. The summed E-state index contributed by atoms with van der Waals surface area (Å²) in [5.41, 5.74) is 10.9. The van der Waals surface area contributed by atoms with Crippen LogP contribution in [-0.4, -0.2) is 20.0 Å². The lowest BCUT2D eigenvalue weighted by Gasteiger charge is -2.03. The van der Waals surface area contributed by atoms with E-state index in [0.717, 1.165) is 17.1 Å². The minimum atomic E-state index is 0.413. The molecule has 0 radical (unpaired) electrons. The van der Waals surface area contributed by atoms with Gasteiger partial charge in [-0.1, -0.05) is 52.4 Å². The Balaban J connectivity index is 1.72. The van der Waals surface area contributed by atoms with Crippen LogP contribution in [0.15, 0.2) is 64.8 Å². The van der Waals surface area contributed by atoms with Crippen molar-refractivity contribution in [1.82, 2.24) is 20.0 Å². The lowest BCUT2D eigenvalue weighted by Crippen LogP contribution is -1.99. The van der Waals surface area contributed by atoms with Crippen molar-refractivity contribution in [2.45, 2.75) is 13.8 Å². The molecule has 2 aromatic heterocycles. The van der Waals surface area contributed by atoms with Crippen molar-refractivity contribution in [2.24, 2.45) is 10.2 Å². The van der Waals surface area contributed by atoms with E-state index in [4.69, 9.17) is 5.73 Å². The van der Waals surface area contributed by atoms with Crippen LogP contribution in [0.25, 0.3) is 17.1 Å². The van der Waals surface area contributed by atoms with Crippen LogP contribution < -0.4 is 5.73 Å². The molecule has 0 amide bonds. The Morgan fingerprint density at radius 3 is 2.41 bits per heavy atom. The van der Waals surface area contributed by atoms with Gasteiger partial charge in [-0.25, -0.2) is 9.67 Å². The summed E-state index contributed by atoms with van der Waals surface area (Å²) in [6, 6.07) is 17.6. The number of hydrogen-bond donors (Lipinski definition) is 1. The molecule has 0 fully saturated rings. The molecule has 0 saturated carbocycles. The van der Waals surface area contributed by atoms with Crippen molar-refractivity contribution >= 4 is 27.2 Å². The second-order valence-electron chi connectivity index (χ2n) is 6.01.